The summed E-state index contributed by atoms with van der Waals surface area (Å²) in [6, 6.07) is 7.70. The zero-order chi connectivity index (χ0) is 11.4. The highest BCUT2D eigenvalue weighted by atomic mass is 32.1. The van der Waals surface area contributed by atoms with Crippen LogP contribution in [0.25, 0.3) is 0 Å². The molecule has 0 amide bonds. The smallest absolute Gasteiger partial charge is 0.106 e. The molecule has 15 heavy (non-hydrogen) atoms. The van der Waals surface area contributed by atoms with E-state index in [1.165, 1.54) is 0 Å². The van der Waals surface area contributed by atoms with Crippen LogP contribution in [0, 0.1) is 0 Å². The molecule has 0 aliphatic rings. The number of rotatable bonds is 4. The predicted octanol–water partition coefficient (Wildman–Crippen LogP) is 1.14. The van der Waals surface area contributed by atoms with Crippen molar-refractivity contribution in [3.63, 3.8) is 0 Å². The van der Waals surface area contributed by atoms with Gasteiger partial charge in [-0.25, -0.2) is 0 Å². The maximum atomic E-state index is 9.09. The van der Waals surface area contributed by atoms with E-state index in [0.29, 0.717) is 4.99 Å². The van der Waals surface area contributed by atoms with Crippen LogP contribution in [0.3, 0.4) is 0 Å². The monoisotopic (exact) mass is 224 g/mol. The first-order valence-corrected chi connectivity index (χ1v) is 5.21. The van der Waals surface area contributed by atoms with Crippen molar-refractivity contribution in [2.24, 2.45) is 5.73 Å². The summed E-state index contributed by atoms with van der Waals surface area (Å²) in [6.07, 6.45) is 0. The third-order valence-electron chi connectivity index (χ3n) is 2.47. The Kier molecular flexibility index (Phi) is 4.05. The highest BCUT2D eigenvalue weighted by Crippen LogP contribution is 2.20. The molecular formula is C11H16N2OS. The van der Waals surface area contributed by atoms with E-state index in [4.69, 9.17) is 23.1 Å². The first-order chi connectivity index (χ1) is 7.07. The van der Waals surface area contributed by atoms with Crippen molar-refractivity contribution in [3.8, 4) is 0 Å². The summed E-state index contributed by atoms with van der Waals surface area (Å²) in [5.41, 5.74) is 7.43. The fraction of sp³-hybridized carbons (Fsp3) is 0.364. The van der Waals surface area contributed by atoms with Crippen LogP contribution in [0.2, 0.25) is 0 Å². The Morgan fingerprint density at radius 2 is 2.13 bits per heavy atom. The van der Waals surface area contributed by atoms with Gasteiger partial charge in [0.25, 0.3) is 0 Å². The number of hydrogen-bond donors (Lipinski definition) is 2. The van der Waals surface area contributed by atoms with E-state index in [2.05, 4.69) is 0 Å². The normalized spacial score (nSPS) is 12.2. The van der Waals surface area contributed by atoms with Gasteiger partial charge in [-0.2, -0.15) is 0 Å². The third-order valence-corrected chi connectivity index (χ3v) is 2.69. The molecule has 0 saturated heterocycles. The molecule has 0 fully saturated rings. The summed E-state index contributed by atoms with van der Waals surface area (Å²) in [4.78, 5) is 2.34. The lowest BCUT2D eigenvalue weighted by molar-refractivity contribution is 0.270. The summed E-state index contributed by atoms with van der Waals surface area (Å²) in [5, 5.41) is 9.09. The van der Waals surface area contributed by atoms with Gasteiger partial charge in [-0.05, 0) is 19.1 Å². The van der Waals surface area contributed by atoms with E-state index in [0.717, 1.165) is 11.3 Å². The Labute approximate surface area is 95.5 Å². The molecule has 3 N–H and O–H groups in total. The fourth-order valence-electron chi connectivity index (χ4n) is 1.35. The molecule has 0 aromatic heterocycles. The molecule has 4 heteroatoms. The Morgan fingerprint density at radius 3 is 2.67 bits per heavy atom. The van der Waals surface area contributed by atoms with Gasteiger partial charge >= 0.3 is 0 Å². The van der Waals surface area contributed by atoms with Crippen LogP contribution in [0.5, 0.6) is 0 Å². The number of nitrogens with zero attached hydrogens (tertiary/aromatic N) is 1. The van der Waals surface area contributed by atoms with Crippen LogP contribution in [0.1, 0.15) is 12.5 Å². The van der Waals surface area contributed by atoms with Crippen molar-refractivity contribution in [2.75, 3.05) is 18.6 Å². The second-order valence-electron chi connectivity index (χ2n) is 3.52. The first-order valence-electron chi connectivity index (χ1n) is 4.80. The minimum Gasteiger partial charge on any atom is -0.394 e. The number of hydrogen-bond acceptors (Lipinski definition) is 3. The molecule has 0 heterocycles. The van der Waals surface area contributed by atoms with Crippen molar-refractivity contribution in [2.45, 2.75) is 13.0 Å². The second-order valence-corrected chi connectivity index (χ2v) is 3.96. The molecule has 0 aliphatic heterocycles. The Morgan fingerprint density at radius 1 is 1.53 bits per heavy atom. The average Bonchev–Trinajstić information content (AvgIpc) is 2.27. The minimum atomic E-state index is 0.0421. The zero-order valence-corrected chi connectivity index (χ0v) is 9.79. The van der Waals surface area contributed by atoms with E-state index in [1.54, 1.807) is 0 Å². The van der Waals surface area contributed by atoms with E-state index >= 15 is 0 Å². The molecule has 0 saturated carbocycles. The molecule has 0 aliphatic carbocycles. The van der Waals surface area contributed by atoms with E-state index in [-0.39, 0.29) is 12.6 Å². The maximum absolute atomic E-state index is 9.09. The van der Waals surface area contributed by atoms with Crippen LogP contribution in [-0.4, -0.2) is 29.8 Å². The molecule has 0 spiro atoms. The van der Waals surface area contributed by atoms with Crippen molar-refractivity contribution in [1.29, 1.82) is 0 Å². The van der Waals surface area contributed by atoms with Crippen molar-refractivity contribution < 1.29 is 5.11 Å². The Hall–Kier alpha value is -1.13. The molecule has 1 rings (SSSR count). The van der Waals surface area contributed by atoms with Gasteiger partial charge in [0.05, 0.1) is 6.61 Å². The largest absolute Gasteiger partial charge is 0.394 e. The van der Waals surface area contributed by atoms with Crippen molar-refractivity contribution in [1.82, 2.24) is 0 Å². The fourth-order valence-corrected chi connectivity index (χ4v) is 1.52. The van der Waals surface area contributed by atoms with Crippen molar-refractivity contribution >= 4 is 22.9 Å². The molecule has 1 aromatic carbocycles. The van der Waals surface area contributed by atoms with E-state index in [9.17, 15) is 0 Å². The topological polar surface area (TPSA) is 49.5 Å². The Balaban J connectivity index is 3.07. The maximum Gasteiger partial charge on any atom is 0.106 e. The van der Waals surface area contributed by atoms with Gasteiger partial charge in [0.15, 0.2) is 0 Å². The number of aliphatic hydroxyl groups is 1. The third kappa shape index (κ3) is 2.67. The number of nitrogens with two attached hydrogens (primary N) is 1. The van der Waals surface area contributed by atoms with Crippen molar-refractivity contribution in [3.05, 3.63) is 29.8 Å². The minimum absolute atomic E-state index is 0.0421. The van der Waals surface area contributed by atoms with Gasteiger partial charge in [-0.1, -0.05) is 24.4 Å². The lowest BCUT2D eigenvalue weighted by atomic mass is 10.1. The summed E-state index contributed by atoms with van der Waals surface area (Å²) < 4.78 is 0. The molecule has 82 valence electrons. The number of thiocarbonyl (C=S) groups is 1. The lowest BCUT2D eigenvalue weighted by Crippen LogP contribution is -2.33. The number of benzene rings is 1. The molecule has 0 radical (unpaired) electrons. The molecule has 3 nitrogen and oxygen atoms in total. The standard InChI is InChI=1S/C11H16N2OS/c1-8(7-14)13(2)10-6-4-3-5-9(10)11(12)15/h3-6,8,14H,7H2,1-2H3,(H2,12,15). The number of aliphatic hydroxyl groups excluding tert-OH is 1. The predicted molar refractivity (Wildman–Crippen MR) is 67.3 cm³/mol. The molecule has 1 aromatic rings. The highest BCUT2D eigenvalue weighted by molar-refractivity contribution is 7.80. The van der Waals surface area contributed by atoms with E-state index in [1.807, 2.05) is 43.1 Å². The van der Waals surface area contributed by atoms with Crippen LogP contribution in [0.15, 0.2) is 24.3 Å². The van der Waals surface area contributed by atoms with Crippen LogP contribution < -0.4 is 10.6 Å². The van der Waals surface area contributed by atoms with Crippen LogP contribution in [-0.2, 0) is 0 Å². The Bertz CT molecular complexity index is 354. The summed E-state index contributed by atoms with van der Waals surface area (Å²) in [6.45, 7) is 2.04. The highest BCUT2D eigenvalue weighted by Gasteiger charge is 2.13. The van der Waals surface area contributed by atoms with Crippen LogP contribution >= 0.6 is 12.2 Å². The molecule has 0 bridgehead atoms. The lowest BCUT2D eigenvalue weighted by Gasteiger charge is -2.27. The number of anilines is 1. The molecule has 1 unspecified atom stereocenters. The van der Waals surface area contributed by atoms with Gasteiger partial charge in [0, 0.05) is 24.3 Å². The second kappa shape index (κ2) is 5.09. The molecular weight excluding hydrogens is 208 g/mol. The number of likely N-dealkylation sites (N-methyl/N-ethyl adjacent to an activating group) is 1. The van der Waals surface area contributed by atoms with Gasteiger partial charge in [-0.3, -0.25) is 0 Å². The van der Waals surface area contributed by atoms with Gasteiger partial charge in [-0.15, -0.1) is 0 Å². The SMILES string of the molecule is CC(CO)N(C)c1ccccc1C(N)=S. The quantitative estimate of drug-likeness (QED) is 0.753. The van der Waals surface area contributed by atoms with E-state index < -0.39 is 0 Å². The summed E-state index contributed by atoms with van der Waals surface area (Å²) in [7, 11) is 1.91. The van der Waals surface area contributed by atoms with Gasteiger partial charge < -0.3 is 15.7 Å². The average molecular weight is 224 g/mol. The number of para-hydroxylation sites is 1. The summed E-state index contributed by atoms with van der Waals surface area (Å²) in [5.74, 6) is 0. The first kappa shape index (κ1) is 11.9. The molecule has 1 atom stereocenters. The van der Waals surface area contributed by atoms with Gasteiger partial charge in [0.1, 0.15) is 4.99 Å². The van der Waals surface area contributed by atoms with Crippen LogP contribution in [0.4, 0.5) is 5.69 Å². The zero-order valence-electron chi connectivity index (χ0n) is 8.97. The van der Waals surface area contributed by atoms with Gasteiger partial charge in [0.2, 0.25) is 0 Å². The summed E-state index contributed by atoms with van der Waals surface area (Å²) >= 11 is 4.98.